The molecule has 21 heavy (non-hydrogen) atoms. The van der Waals surface area contributed by atoms with Gasteiger partial charge >= 0.3 is 0 Å². The summed E-state index contributed by atoms with van der Waals surface area (Å²) < 4.78 is 5.35. The molecule has 0 radical (unpaired) electrons. The van der Waals surface area contributed by atoms with Crippen molar-refractivity contribution in [1.29, 1.82) is 0 Å². The van der Waals surface area contributed by atoms with Crippen LogP contribution in [0.1, 0.15) is 5.56 Å². The Morgan fingerprint density at radius 3 is 2.57 bits per heavy atom. The van der Waals surface area contributed by atoms with Gasteiger partial charge in [0.1, 0.15) is 11.5 Å². The van der Waals surface area contributed by atoms with Gasteiger partial charge in [-0.25, -0.2) is 0 Å². The maximum absolute atomic E-state index is 11.7. The van der Waals surface area contributed by atoms with Gasteiger partial charge in [0.2, 0.25) is 0 Å². The molecule has 0 fully saturated rings. The van der Waals surface area contributed by atoms with Crippen LogP contribution < -0.4 is 15.8 Å². The van der Waals surface area contributed by atoms with Gasteiger partial charge in [-0.15, -0.1) is 0 Å². The lowest BCUT2D eigenvalue weighted by Gasteiger charge is -2.09. The average Bonchev–Trinajstić information content (AvgIpc) is 2.48. The predicted molar refractivity (Wildman–Crippen MR) is 81.2 cm³/mol. The van der Waals surface area contributed by atoms with Crippen LogP contribution >= 0.6 is 0 Å². The Morgan fingerprint density at radius 1 is 1.14 bits per heavy atom. The number of phenols is 1. The molecule has 1 amide bonds. The molecule has 0 saturated heterocycles. The van der Waals surface area contributed by atoms with Crippen molar-refractivity contribution in [3.05, 3.63) is 54.1 Å². The van der Waals surface area contributed by atoms with E-state index in [0.29, 0.717) is 24.4 Å². The number of para-hydroxylation sites is 2. The number of hydrogen-bond donors (Lipinski definition) is 3. The lowest BCUT2D eigenvalue weighted by Crippen LogP contribution is -2.30. The van der Waals surface area contributed by atoms with Gasteiger partial charge in [-0.2, -0.15) is 0 Å². The summed E-state index contributed by atoms with van der Waals surface area (Å²) in [6, 6.07) is 13.9. The van der Waals surface area contributed by atoms with Gasteiger partial charge in [-0.05, 0) is 36.2 Å². The summed E-state index contributed by atoms with van der Waals surface area (Å²) in [4.78, 5) is 11.7. The number of ether oxygens (including phenoxy) is 1. The highest BCUT2D eigenvalue weighted by Crippen LogP contribution is 2.19. The van der Waals surface area contributed by atoms with E-state index in [1.165, 1.54) is 0 Å². The Morgan fingerprint density at radius 2 is 1.86 bits per heavy atom. The highest BCUT2D eigenvalue weighted by molar-refractivity contribution is 5.77. The van der Waals surface area contributed by atoms with E-state index in [0.717, 1.165) is 5.56 Å². The molecular weight excluding hydrogens is 268 g/mol. The van der Waals surface area contributed by atoms with Crippen LogP contribution in [0.2, 0.25) is 0 Å². The van der Waals surface area contributed by atoms with Gasteiger partial charge in [0.05, 0.1) is 5.69 Å². The largest absolute Gasteiger partial charge is 0.508 e. The Hall–Kier alpha value is -2.69. The van der Waals surface area contributed by atoms with Crippen molar-refractivity contribution in [2.75, 3.05) is 18.9 Å². The lowest BCUT2D eigenvalue weighted by molar-refractivity contribution is -0.123. The molecule has 2 aromatic rings. The minimum atomic E-state index is -0.197. The van der Waals surface area contributed by atoms with Crippen molar-refractivity contribution in [3.63, 3.8) is 0 Å². The summed E-state index contributed by atoms with van der Waals surface area (Å²) in [6.07, 6.45) is 0.694. The van der Waals surface area contributed by atoms with E-state index in [4.69, 9.17) is 10.5 Å². The molecule has 0 atom stereocenters. The number of benzene rings is 2. The van der Waals surface area contributed by atoms with E-state index in [9.17, 15) is 9.90 Å². The van der Waals surface area contributed by atoms with Crippen LogP contribution in [0.3, 0.4) is 0 Å². The topological polar surface area (TPSA) is 84.6 Å². The molecule has 5 heteroatoms. The van der Waals surface area contributed by atoms with Crippen molar-refractivity contribution in [1.82, 2.24) is 5.32 Å². The third-order valence-electron chi connectivity index (χ3n) is 2.95. The Balaban J connectivity index is 1.70. The van der Waals surface area contributed by atoms with Gasteiger partial charge in [-0.3, -0.25) is 4.79 Å². The smallest absolute Gasteiger partial charge is 0.257 e. The van der Waals surface area contributed by atoms with Crippen molar-refractivity contribution in [2.24, 2.45) is 0 Å². The maximum atomic E-state index is 11.7. The minimum absolute atomic E-state index is 0.0657. The number of nitrogen functional groups attached to an aromatic ring is 1. The van der Waals surface area contributed by atoms with E-state index in [2.05, 4.69) is 5.32 Å². The number of anilines is 1. The zero-order valence-electron chi connectivity index (χ0n) is 11.6. The maximum Gasteiger partial charge on any atom is 0.257 e. The average molecular weight is 286 g/mol. The number of aromatic hydroxyl groups is 1. The van der Waals surface area contributed by atoms with Gasteiger partial charge in [-0.1, -0.05) is 24.3 Å². The predicted octanol–water partition coefficient (Wildman–Crippen LogP) is 1.71. The Labute approximate surface area is 123 Å². The zero-order valence-corrected chi connectivity index (χ0v) is 11.6. The third-order valence-corrected chi connectivity index (χ3v) is 2.95. The normalized spacial score (nSPS) is 10.1. The van der Waals surface area contributed by atoms with Crippen LogP contribution in [0.25, 0.3) is 0 Å². The SMILES string of the molecule is Nc1ccccc1OCC(=O)NCCc1ccc(O)cc1. The number of amides is 1. The molecule has 0 saturated carbocycles. The second kappa shape index (κ2) is 7.19. The molecule has 4 N–H and O–H groups in total. The van der Waals surface area contributed by atoms with Gasteiger partial charge < -0.3 is 20.9 Å². The van der Waals surface area contributed by atoms with E-state index in [-0.39, 0.29) is 18.3 Å². The second-order valence-corrected chi connectivity index (χ2v) is 4.59. The molecular formula is C16H18N2O3. The molecule has 0 unspecified atom stereocenters. The molecule has 110 valence electrons. The fraction of sp³-hybridized carbons (Fsp3) is 0.188. The molecule has 2 aromatic carbocycles. The quantitative estimate of drug-likeness (QED) is 0.706. The van der Waals surface area contributed by atoms with Crippen LogP contribution in [-0.4, -0.2) is 24.2 Å². The summed E-state index contributed by atoms with van der Waals surface area (Å²) in [6.45, 7) is 0.445. The lowest BCUT2D eigenvalue weighted by atomic mass is 10.1. The molecule has 0 aliphatic heterocycles. The molecule has 0 heterocycles. The zero-order chi connectivity index (χ0) is 15.1. The van der Waals surface area contributed by atoms with Crippen LogP contribution in [-0.2, 0) is 11.2 Å². The summed E-state index contributed by atoms with van der Waals surface area (Å²) in [5.41, 5.74) is 7.27. The van der Waals surface area contributed by atoms with Crippen LogP contribution in [0.4, 0.5) is 5.69 Å². The fourth-order valence-corrected chi connectivity index (χ4v) is 1.82. The first-order valence-electron chi connectivity index (χ1n) is 6.67. The molecule has 5 nitrogen and oxygen atoms in total. The molecule has 0 aromatic heterocycles. The number of rotatable bonds is 6. The van der Waals surface area contributed by atoms with Crippen molar-refractivity contribution < 1.29 is 14.6 Å². The second-order valence-electron chi connectivity index (χ2n) is 4.59. The fourth-order valence-electron chi connectivity index (χ4n) is 1.82. The van der Waals surface area contributed by atoms with Crippen LogP contribution in [0.15, 0.2) is 48.5 Å². The van der Waals surface area contributed by atoms with Crippen molar-refractivity contribution >= 4 is 11.6 Å². The van der Waals surface area contributed by atoms with Crippen molar-refractivity contribution in [3.8, 4) is 11.5 Å². The highest BCUT2D eigenvalue weighted by atomic mass is 16.5. The van der Waals surface area contributed by atoms with E-state index in [1.54, 1.807) is 36.4 Å². The van der Waals surface area contributed by atoms with E-state index >= 15 is 0 Å². The molecule has 0 spiro atoms. The number of carbonyl (C=O) groups is 1. The molecule has 2 rings (SSSR count). The number of nitrogens with one attached hydrogen (secondary N) is 1. The van der Waals surface area contributed by atoms with E-state index in [1.807, 2.05) is 12.1 Å². The van der Waals surface area contributed by atoms with Crippen LogP contribution in [0.5, 0.6) is 11.5 Å². The minimum Gasteiger partial charge on any atom is -0.508 e. The summed E-state index contributed by atoms with van der Waals surface area (Å²) in [7, 11) is 0. The summed E-state index contributed by atoms with van der Waals surface area (Å²) in [5.74, 6) is 0.542. The number of phenolic OH excluding ortho intramolecular Hbond substituents is 1. The number of hydrogen-bond acceptors (Lipinski definition) is 4. The first-order chi connectivity index (χ1) is 10.1. The summed E-state index contributed by atoms with van der Waals surface area (Å²) >= 11 is 0. The number of carbonyl (C=O) groups excluding carboxylic acids is 1. The van der Waals surface area contributed by atoms with Crippen LogP contribution in [0, 0.1) is 0 Å². The van der Waals surface area contributed by atoms with Gasteiger partial charge in [0, 0.05) is 6.54 Å². The standard InChI is InChI=1S/C16H18N2O3/c17-14-3-1-2-4-15(14)21-11-16(20)18-10-9-12-5-7-13(19)8-6-12/h1-8,19H,9-11,17H2,(H,18,20). The van der Waals surface area contributed by atoms with Gasteiger partial charge in [0.15, 0.2) is 6.61 Å². The summed E-state index contributed by atoms with van der Waals surface area (Å²) in [5, 5.41) is 11.9. The van der Waals surface area contributed by atoms with Crippen molar-refractivity contribution in [2.45, 2.75) is 6.42 Å². The first-order valence-corrected chi connectivity index (χ1v) is 6.67. The van der Waals surface area contributed by atoms with E-state index < -0.39 is 0 Å². The molecule has 0 aliphatic rings. The first kappa shape index (κ1) is 14.7. The Bertz CT molecular complexity index is 597. The third kappa shape index (κ3) is 4.72. The highest BCUT2D eigenvalue weighted by Gasteiger charge is 2.04. The van der Waals surface area contributed by atoms with Gasteiger partial charge in [0.25, 0.3) is 5.91 Å². The number of nitrogens with two attached hydrogens (primary N) is 1. The Kier molecular flexibility index (Phi) is 5.04. The molecule has 0 bridgehead atoms. The monoisotopic (exact) mass is 286 g/mol. The molecule has 0 aliphatic carbocycles.